The van der Waals surface area contributed by atoms with Gasteiger partial charge >= 0.3 is 0 Å². The molecule has 0 unspecified atom stereocenters. The van der Waals surface area contributed by atoms with Gasteiger partial charge in [-0.25, -0.2) is 0 Å². The standard InChI is InChI=1S/C45H48O6/c1-46-31-45(32-47-2)27-39-40(28-45)42-37-17-13-33(14-18-37)29-50-25-23-48-21-22-49-24-26-51-30-34-15-19-38(20-16-34)44(42)43(36-11-7-4-8-12-36)41(39)35-9-5-3-6-10-35/h3-20H,21-32H2,1-2H3. The highest BCUT2D eigenvalue weighted by atomic mass is 16.6. The minimum atomic E-state index is -0.194. The molecule has 5 aromatic carbocycles. The molecule has 4 aliphatic rings. The summed E-state index contributed by atoms with van der Waals surface area (Å²) in [5, 5.41) is 0. The summed E-state index contributed by atoms with van der Waals surface area (Å²) in [7, 11) is 3.61. The fourth-order valence-corrected chi connectivity index (χ4v) is 7.81. The van der Waals surface area contributed by atoms with Gasteiger partial charge in [-0.3, -0.25) is 0 Å². The molecule has 0 saturated heterocycles. The van der Waals surface area contributed by atoms with E-state index in [2.05, 4.69) is 109 Å². The van der Waals surface area contributed by atoms with Gasteiger partial charge in [0.1, 0.15) is 0 Å². The lowest BCUT2D eigenvalue weighted by atomic mass is 9.78. The van der Waals surface area contributed by atoms with Crippen LogP contribution in [-0.4, -0.2) is 67.1 Å². The van der Waals surface area contributed by atoms with Crippen molar-refractivity contribution in [2.75, 3.05) is 67.1 Å². The average molecular weight is 685 g/mol. The van der Waals surface area contributed by atoms with Crippen molar-refractivity contribution in [1.82, 2.24) is 0 Å². The lowest BCUT2D eigenvalue weighted by Gasteiger charge is -2.27. The van der Waals surface area contributed by atoms with Crippen molar-refractivity contribution in [2.45, 2.75) is 26.1 Å². The Kier molecular flexibility index (Phi) is 11.7. The first-order valence-corrected chi connectivity index (χ1v) is 18.0. The number of rotatable bonds is 6. The Morgan fingerprint density at radius 3 is 1.20 bits per heavy atom. The first kappa shape index (κ1) is 35.3. The third-order valence-electron chi connectivity index (χ3n) is 9.99. The Labute approximate surface area is 302 Å². The number of ether oxygens (including phenoxy) is 6. The second kappa shape index (κ2) is 16.9. The monoisotopic (exact) mass is 684 g/mol. The van der Waals surface area contributed by atoms with Crippen molar-refractivity contribution in [1.29, 1.82) is 0 Å². The molecule has 0 saturated carbocycles. The van der Waals surface area contributed by atoms with Crippen molar-refractivity contribution < 1.29 is 28.4 Å². The van der Waals surface area contributed by atoms with E-state index in [-0.39, 0.29) is 5.41 Å². The van der Waals surface area contributed by atoms with Crippen LogP contribution in [0.4, 0.5) is 0 Å². The van der Waals surface area contributed by atoms with E-state index in [0.717, 1.165) is 24.0 Å². The van der Waals surface area contributed by atoms with E-state index in [1.165, 1.54) is 55.6 Å². The predicted molar refractivity (Wildman–Crippen MR) is 203 cm³/mol. The van der Waals surface area contributed by atoms with Crippen molar-refractivity contribution in [3.8, 4) is 44.5 Å². The van der Waals surface area contributed by atoms with E-state index in [1.54, 1.807) is 14.2 Å². The van der Waals surface area contributed by atoms with Gasteiger partial charge in [0.05, 0.1) is 66.1 Å². The topological polar surface area (TPSA) is 55.4 Å². The predicted octanol–water partition coefficient (Wildman–Crippen LogP) is 8.81. The second-order valence-corrected chi connectivity index (χ2v) is 13.6. The SMILES string of the molecule is COCC1(COC)Cc2c(c3c(c(-c4ccccc4)c2-c2ccccc2)-c2ccc(cc2)COCCOCCOCCOCc2ccc-3cc2)C1. The molecular weight excluding hydrogens is 636 g/mol. The summed E-state index contributed by atoms with van der Waals surface area (Å²) in [6.45, 7) is 5.46. The second-order valence-electron chi connectivity index (χ2n) is 13.6. The van der Waals surface area contributed by atoms with Crippen LogP contribution in [0.2, 0.25) is 0 Å². The number of fused-ring (bicyclic) bond motifs is 3. The number of methoxy groups -OCH3 is 2. The zero-order valence-corrected chi connectivity index (χ0v) is 29.8. The minimum Gasteiger partial charge on any atom is -0.384 e. The molecular formula is C45H48O6. The van der Waals surface area contributed by atoms with E-state index in [1.807, 2.05) is 0 Å². The molecule has 0 radical (unpaired) electrons. The molecule has 0 spiro atoms. The van der Waals surface area contributed by atoms with Crippen LogP contribution in [0, 0.1) is 5.41 Å². The molecule has 0 fully saturated rings. The maximum absolute atomic E-state index is 6.00. The highest BCUT2D eigenvalue weighted by molar-refractivity contribution is 6.04. The quantitative estimate of drug-likeness (QED) is 0.178. The zero-order valence-electron chi connectivity index (χ0n) is 29.8. The molecule has 0 N–H and O–H groups in total. The van der Waals surface area contributed by atoms with Gasteiger partial charge in [-0.2, -0.15) is 0 Å². The Bertz CT molecular complexity index is 1850. The van der Waals surface area contributed by atoms with Crippen molar-refractivity contribution in [3.63, 3.8) is 0 Å². The first-order chi connectivity index (χ1) is 25.2. The molecule has 9 rings (SSSR count). The normalized spacial score (nSPS) is 16.6. The Morgan fingerprint density at radius 1 is 0.431 bits per heavy atom. The molecule has 5 aromatic rings. The molecule has 51 heavy (non-hydrogen) atoms. The fraction of sp³-hybridized carbons (Fsp3) is 0.333. The molecule has 1 aliphatic carbocycles. The largest absolute Gasteiger partial charge is 0.384 e. The minimum absolute atomic E-state index is 0.194. The molecule has 3 heterocycles. The van der Waals surface area contributed by atoms with E-state index in [0.29, 0.717) is 66.1 Å². The maximum atomic E-state index is 6.00. The van der Waals surface area contributed by atoms with Crippen LogP contribution in [0.5, 0.6) is 0 Å². The summed E-state index contributed by atoms with van der Waals surface area (Å²) in [6.07, 6.45) is 1.70. The number of hydrogen-bond donors (Lipinski definition) is 0. The summed E-state index contributed by atoms with van der Waals surface area (Å²) < 4.78 is 35.3. The van der Waals surface area contributed by atoms with Crippen LogP contribution < -0.4 is 0 Å². The van der Waals surface area contributed by atoms with Crippen LogP contribution in [0.25, 0.3) is 44.5 Å². The van der Waals surface area contributed by atoms with Crippen molar-refractivity contribution >= 4 is 0 Å². The highest BCUT2D eigenvalue weighted by Gasteiger charge is 2.42. The van der Waals surface area contributed by atoms with Gasteiger partial charge < -0.3 is 28.4 Å². The summed E-state index contributed by atoms with van der Waals surface area (Å²) >= 11 is 0. The summed E-state index contributed by atoms with van der Waals surface area (Å²) in [6, 6.07) is 39.6. The molecule has 0 aromatic heterocycles. The lowest BCUT2D eigenvalue weighted by Crippen LogP contribution is -2.32. The average Bonchev–Trinajstić information content (AvgIpc) is 3.54. The van der Waals surface area contributed by atoms with Gasteiger partial charge in [0.25, 0.3) is 0 Å². The Hall–Kier alpha value is -4.14. The van der Waals surface area contributed by atoms with E-state index >= 15 is 0 Å². The first-order valence-electron chi connectivity index (χ1n) is 18.0. The van der Waals surface area contributed by atoms with Crippen molar-refractivity contribution in [3.05, 3.63) is 131 Å². The van der Waals surface area contributed by atoms with Gasteiger partial charge in [-0.1, -0.05) is 109 Å². The lowest BCUT2D eigenvalue weighted by molar-refractivity contribution is -0.00618. The van der Waals surface area contributed by atoms with Crippen LogP contribution in [-0.2, 0) is 54.5 Å². The zero-order chi connectivity index (χ0) is 34.9. The van der Waals surface area contributed by atoms with Crippen LogP contribution >= 0.6 is 0 Å². The summed E-state index contributed by atoms with van der Waals surface area (Å²) in [4.78, 5) is 0. The molecule has 0 atom stereocenters. The third kappa shape index (κ3) is 8.02. The third-order valence-corrected chi connectivity index (χ3v) is 9.99. The molecule has 3 aliphatic heterocycles. The molecule has 6 heteroatoms. The van der Waals surface area contributed by atoms with Crippen LogP contribution in [0.1, 0.15) is 22.3 Å². The van der Waals surface area contributed by atoms with E-state index in [9.17, 15) is 0 Å². The van der Waals surface area contributed by atoms with Crippen LogP contribution in [0.15, 0.2) is 109 Å². The van der Waals surface area contributed by atoms with E-state index < -0.39 is 0 Å². The van der Waals surface area contributed by atoms with Gasteiger partial charge in [-0.15, -0.1) is 0 Å². The molecule has 264 valence electrons. The molecule has 0 amide bonds. The Morgan fingerprint density at radius 2 is 0.784 bits per heavy atom. The molecule has 6 nitrogen and oxygen atoms in total. The number of hydrogen-bond acceptors (Lipinski definition) is 6. The summed E-state index contributed by atoms with van der Waals surface area (Å²) in [5.41, 5.74) is 14.6. The Balaban J connectivity index is 1.49. The fourth-order valence-electron chi connectivity index (χ4n) is 7.81. The smallest absolute Gasteiger partial charge is 0.0718 e. The van der Waals surface area contributed by atoms with Gasteiger partial charge in [0.15, 0.2) is 0 Å². The number of benzene rings is 5. The van der Waals surface area contributed by atoms with Gasteiger partial charge in [0, 0.05) is 19.6 Å². The molecule has 4 bridgehead atoms. The van der Waals surface area contributed by atoms with Crippen LogP contribution in [0.3, 0.4) is 0 Å². The van der Waals surface area contributed by atoms with Gasteiger partial charge in [0.2, 0.25) is 0 Å². The highest BCUT2D eigenvalue weighted by Crippen LogP contribution is 2.55. The van der Waals surface area contributed by atoms with Gasteiger partial charge in [-0.05, 0) is 79.6 Å². The van der Waals surface area contributed by atoms with E-state index in [4.69, 9.17) is 28.4 Å². The summed E-state index contributed by atoms with van der Waals surface area (Å²) in [5.74, 6) is 0. The van der Waals surface area contributed by atoms with Crippen molar-refractivity contribution in [2.24, 2.45) is 5.41 Å². The maximum Gasteiger partial charge on any atom is 0.0718 e.